The Hall–Kier alpha value is -0.830. The summed E-state index contributed by atoms with van der Waals surface area (Å²) < 4.78 is 23.9. The van der Waals surface area contributed by atoms with Gasteiger partial charge in [0.2, 0.25) is 0 Å². The average Bonchev–Trinajstić information content (AvgIpc) is 2.45. The number of aromatic nitrogens is 2. The van der Waals surface area contributed by atoms with Gasteiger partial charge in [0.15, 0.2) is 0 Å². The Balaban J connectivity index is 2.73. The predicted molar refractivity (Wildman–Crippen MR) is 48.4 cm³/mol. The summed E-state index contributed by atoms with van der Waals surface area (Å²) in [6, 6.07) is 5.36. The Kier molecular flexibility index (Phi) is 0.906. The number of hydrogen-bond donors (Lipinski definition) is 0. The first kappa shape index (κ1) is 4.26. The normalized spacial score (nSPS) is 15.9. The standard InChI is InChI=1S/C8H7BrN2/c1-11-5-10-7-3-2-6(9)4-8(7)11/h2-5H,1H3/i1D3. The van der Waals surface area contributed by atoms with Gasteiger partial charge in [-0.3, -0.25) is 0 Å². The van der Waals surface area contributed by atoms with Crippen molar-refractivity contribution in [3.63, 3.8) is 0 Å². The van der Waals surface area contributed by atoms with Crippen molar-refractivity contribution in [2.45, 2.75) is 0 Å². The lowest BCUT2D eigenvalue weighted by atomic mass is 10.3. The molecule has 0 unspecified atom stereocenters. The molecule has 2 aromatic rings. The van der Waals surface area contributed by atoms with Crippen LogP contribution in [0, 0.1) is 0 Å². The van der Waals surface area contributed by atoms with Crippen LogP contribution in [-0.2, 0) is 6.98 Å². The van der Waals surface area contributed by atoms with Crippen molar-refractivity contribution in [2.24, 2.45) is 6.98 Å². The van der Waals surface area contributed by atoms with Crippen molar-refractivity contribution < 1.29 is 4.11 Å². The van der Waals surface area contributed by atoms with Crippen molar-refractivity contribution in [3.8, 4) is 0 Å². The maximum atomic E-state index is 7.28. The van der Waals surface area contributed by atoms with Gasteiger partial charge in [0.25, 0.3) is 0 Å². The van der Waals surface area contributed by atoms with Crippen molar-refractivity contribution in [1.82, 2.24) is 9.55 Å². The van der Waals surface area contributed by atoms with E-state index in [1.807, 2.05) is 6.07 Å². The maximum Gasteiger partial charge on any atom is 0.0955 e. The molecule has 1 heterocycles. The van der Waals surface area contributed by atoms with Gasteiger partial charge in [-0.2, -0.15) is 0 Å². The molecule has 3 heteroatoms. The van der Waals surface area contributed by atoms with Crippen LogP contribution in [0.3, 0.4) is 0 Å². The quantitative estimate of drug-likeness (QED) is 0.658. The molecule has 0 bridgehead atoms. The van der Waals surface area contributed by atoms with Crippen LogP contribution >= 0.6 is 15.9 Å². The number of halogens is 1. The van der Waals surface area contributed by atoms with E-state index in [1.165, 1.54) is 10.9 Å². The highest BCUT2D eigenvalue weighted by atomic mass is 79.9. The lowest BCUT2D eigenvalue weighted by Gasteiger charge is -1.93. The molecule has 1 aromatic carbocycles. The molecular formula is C8H7BrN2. The molecule has 56 valence electrons. The van der Waals surface area contributed by atoms with Gasteiger partial charge in [-0.15, -0.1) is 0 Å². The second-order valence-electron chi connectivity index (χ2n) is 2.25. The molecule has 0 N–H and O–H groups in total. The SMILES string of the molecule is [2H]C([2H])([2H])n1cnc2ccc(Br)cc21. The van der Waals surface area contributed by atoms with Gasteiger partial charge in [0.1, 0.15) is 0 Å². The molecule has 2 rings (SSSR count). The van der Waals surface area contributed by atoms with Crippen molar-refractivity contribution in [1.29, 1.82) is 0 Å². The Morgan fingerprint density at radius 2 is 2.55 bits per heavy atom. The van der Waals surface area contributed by atoms with Crippen molar-refractivity contribution in [3.05, 3.63) is 29.0 Å². The van der Waals surface area contributed by atoms with E-state index in [1.54, 1.807) is 12.1 Å². The van der Waals surface area contributed by atoms with Crippen molar-refractivity contribution >= 4 is 27.0 Å². The zero-order chi connectivity index (χ0) is 10.3. The van der Waals surface area contributed by atoms with Gasteiger partial charge in [0.05, 0.1) is 17.4 Å². The molecule has 0 aliphatic carbocycles. The topological polar surface area (TPSA) is 17.8 Å². The number of benzene rings is 1. The van der Waals surface area contributed by atoms with Gasteiger partial charge in [-0.25, -0.2) is 4.98 Å². The summed E-state index contributed by atoms with van der Waals surface area (Å²) in [5.41, 5.74) is 1.30. The molecule has 2 nitrogen and oxygen atoms in total. The summed E-state index contributed by atoms with van der Waals surface area (Å²) in [6.07, 6.45) is 1.34. The highest BCUT2D eigenvalue weighted by Crippen LogP contribution is 2.17. The number of fused-ring (bicyclic) bond motifs is 1. The molecule has 0 saturated heterocycles. The lowest BCUT2D eigenvalue weighted by Crippen LogP contribution is -1.82. The Labute approximate surface area is 77.2 Å². The molecule has 0 saturated carbocycles. The lowest BCUT2D eigenvalue weighted by molar-refractivity contribution is 0.947. The second kappa shape index (κ2) is 2.34. The van der Waals surface area contributed by atoms with Crippen LogP contribution in [-0.4, -0.2) is 9.55 Å². The summed E-state index contributed by atoms with van der Waals surface area (Å²) in [7, 11) is 0. The minimum Gasteiger partial charge on any atom is -0.334 e. The van der Waals surface area contributed by atoms with E-state index in [2.05, 4.69) is 20.9 Å². The van der Waals surface area contributed by atoms with Crippen LogP contribution in [0.1, 0.15) is 4.11 Å². The van der Waals surface area contributed by atoms with Crippen LogP contribution in [0.15, 0.2) is 29.0 Å². The van der Waals surface area contributed by atoms with Gasteiger partial charge < -0.3 is 4.57 Å². The highest BCUT2D eigenvalue weighted by Gasteiger charge is 1.97. The smallest absolute Gasteiger partial charge is 0.0955 e. The largest absolute Gasteiger partial charge is 0.334 e. The molecule has 0 spiro atoms. The third-order valence-electron chi connectivity index (χ3n) is 1.51. The molecule has 0 atom stereocenters. The first-order valence-corrected chi connectivity index (χ1v) is 3.91. The van der Waals surface area contributed by atoms with Crippen molar-refractivity contribution in [2.75, 3.05) is 0 Å². The van der Waals surface area contributed by atoms with E-state index in [0.29, 0.717) is 11.0 Å². The van der Waals surface area contributed by atoms with Crippen LogP contribution in [0.5, 0.6) is 0 Å². The molecule has 11 heavy (non-hydrogen) atoms. The number of imidazole rings is 1. The molecule has 0 aliphatic rings. The zero-order valence-corrected chi connectivity index (χ0v) is 7.17. The molecule has 0 aliphatic heterocycles. The minimum atomic E-state index is -2.17. The van der Waals surface area contributed by atoms with Crippen LogP contribution in [0.25, 0.3) is 11.0 Å². The molecule has 0 amide bonds. The summed E-state index contributed by atoms with van der Waals surface area (Å²) in [5, 5.41) is 0. The Morgan fingerprint density at radius 3 is 3.36 bits per heavy atom. The van der Waals surface area contributed by atoms with E-state index < -0.39 is 6.98 Å². The van der Waals surface area contributed by atoms with E-state index in [9.17, 15) is 0 Å². The predicted octanol–water partition coefficient (Wildman–Crippen LogP) is 2.34. The third kappa shape index (κ3) is 1.05. The van der Waals surface area contributed by atoms with E-state index in [-0.39, 0.29) is 0 Å². The molecule has 0 radical (unpaired) electrons. The summed E-state index contributed by atoms with van der Waals surface area (Å²) in [6.45, 7) is -2.17. The summed E-state index contributed by atoms with van der Waals surface area (Å²) >= 11 is 3.29. The molecule has 0 fully saturated rings. The fraction of sp³-hybridized carbons (Fsp3) is 0.125. The average molecular weight is 214 g/mol. The first-order chi connectivity index (χ1) is 6.48. The zero-order valence-electron chi connectivity index (χ0n) is 8.58. The van der Waals surface area contributed by atoms with Gasteiger partial charge >= 0.3 is 0 Å². The van der Waals surface area contributed by atoms with Crippen LogP contribution in [0.4, 0.5) is 0 Å². The van der Waals surface area contributed by atoms with Gasteiger partial charge in [-0.05, 0) is 18.2 Å². The van der Waals surface area contributed by atoms with E-state index in [0.717, 1.165) is 4.47 Å². The number of hydrogen-bond acceptors (Lipinski definition) is 1. The number of aryl methyl sites for hydroxylation is 1. The summed E-state index contributed by atoms with van der Waals surface area (Å²) in [5.74, 6) is 0. The van der Waals surface area contributed by atoms with E-state index in [4.69, 9.17) is 4.11 Å². The first-order valence-electron chi connectivity index (χ1n) is 4.61. The fourth-order valence-corrected chi connectivity index (χ4v) is 1.33. The van der Waals surface area contributed by atoms with Gasteiger partial charge in [-0.1, -0.05) is 15.9 Å². The van der Waals surface area contributed by atoms with Crippen LogP contribution in [0.2, 0.25) is 0 Å². The Morgan fingerprint density at radius 1 is 1.64 bits per heavy atom. The fourth-order valence-electron chi connectivity index (χ4n) is 0.981. The van der Waals surface area contributed by atoms with E-state index >= 15 is 0 Å². The minimum absolute atomic E-state index is 0.611. The van der Waals surface area contributed by atoms with Gasteiger partial charge in [0, 0.05) is 15.6 Å². The number of rotatable bonds is 0. The second-order valence-corrected chi connectivity index (χ2v) is 3.16. The molecular weight excluding hydrogens is 204 g/mol. The molecule has 1 aromatic heterocycles. The maximum absolute atomic E-state index is 7.28. The monoisotopic (exact) mass is 213 g/mol. The summed E-state index contributed by atoms with van der Waals surface area (Å²) in [4.78, 5) is 4.01. The Bertz CT molecular complexity index is 475. The van der Waals surface area contributed by atoms with Crippen LogP contribution < -0.4 is 0 Å². The highest BCUT2D eigenvalue weighted by molar-refractivity contribution is 9.10. The third-order valence-corrected chi connectivity index (χ3v) is 2.00. The number of nitrogens with zero attached hydrogens (tertiary/aromatic N) is 2.